The van der Waals surface area contributed by atoms with Crippen LogP contribution < -0.4 is 15.5 Å². The predicted octanol–water partition coefficient (Wildman–Crippen LogP) is 3.18. The van der Waals surface area contributed by atoms with Crippen molar-refractivity contribution in [3.63, 3.8) is 0 Å². The van der Waals surface area contributed by atoms with E-state index in [9.17, 15) is 0 Å². The van der Waals surface area contributed by atoms with Crippen LogP contribution in [-0.2, 0) is 19.6 Å². The van der Waals surface area contributed by atoms with Crippen LogP contribution in [0.25, 0.3) is 0 Å². The highest BCUT2D eigenvalue weighted by Crippen LogP contribution is 2.18. The van der Waals surface area contributed by atoms with Crippen LogP contribution in [0.4, 0.5) is 5.82 Å². The summed E-state index contributed by atoms with van der Waals surface area (Å²) in [5, 5.41) is 11.2. The third-order valence-electron chi connectivity index (χ3n) is 5.46. The summed E-state index contributed by atoms with van der Waals surface area (Å²) < 4.78 is 1.94. The number of hydrogen-bond acceptors (Lipinski definition) is 4. The lowest BCUT2D eigenvalue weighted by molar-refractivity contribution is 0.677. The van der Waals surface area contributed by atoms with Crippen molar-refractivity contribution < 1.29 is 0 Å². The van der Waals surface area contributed by atoms with Crippen molar-refractivity contribution in [2.24, 2.45) is 4.99 Å². The maximum Gasteiger partial charge on any atom is 0.191 e. The molecule has 0 amide bonds. The molecule has 7 nitrogen and oxygen atoms in total. The third kappa shape index (κ3) is 5.84. The summed E-state index contributed by atoms with van der Waals surface area (Å²) in [6.07, 6.45) is 8.19. The van der Waals surface area contributed by atoms with Gasteiger partial charge in [-0.1, -0.05) is 24.3 Å². The zero-order valence-electron chi connectivity index (χ0n) is 18.2. The van der Waals surface area contributed by atoms with Gasteiger partial charge in [0.1, 0.15) is 5.82 Å². The number of hydrogen-bond donors (Lipinski definition) is 2. The summed E-state index contributed by atoms with van der Waals surface area (Å²) in [6.45, 7) is 7.18. The highest BCUT2D eigenvalue weighted by Gasteiger charge is 2.13. The summed E-state index contributed by atoms with van der Waals surface area (Å²) in [5.74, 6) is 1.88. The van der Waals surface area contributed by atoms with E-state index in [0.29, 0.717) is 13.1 Å². The van der Waals surface area contributed by atoms with Crippen LogP contribution in [0.2, 0.25) is 0 Å². The van der Waals surface area contributed by atoms with E-state index in [4.69, 9.17) is 4.99 Å². The summed E-state index contributed by atoms with van der Waals surface area (Å²) in [7, 11) is 0. The lowest BCUT2D eigenvalue weighted by Crippen LogP contribution is -2.37. The molecule has 0 atom stereocenters. The minimum Gasteiger partial charge on any atom is -0.357 e. The number of anilines is 1. The molecular weight excluding hydrogens is 386 g/mol. The second kappa shape index (κ2) is 10.6. The molecular formula is C24H31N7. The summed E-state index contributed by atoms with van der Waals surface area (Å²) in [5.41, 5.74) is 3.66. The van der Waals surface area contributed by atoms with Gasteiger partial charge in [0.15, 0.2) is 5.96 Å². The highest BCUT2D eigenvalue weighted by atomic mass is 15.3. The topological polar surface area (TPSA) is 70.4 Å². The number of nitrogens with zero attached hydrogens (tertiary/aromatic N) is 5. The molecule has 3 heterocycles. The predicted molar refractivity (Wildman–Crippen MR) is 125 cm³/mol. The maximum atomic E-state index is 4.80. The zero-order valence-corrected chi connectivity index (χ0v) is 18.2. The molecule has 3 aromatic rings. The molecule has 0 radical (unpaired) electrons. The van der Waals surface area contributed by atoms with E-state index >= 15 is 0 Å². The number of benzene rings is 1. The van der Waals surface area contributed by atoms with Crippen molar-refractivity contribution in [3.8, 4) is 0 Å². The first-order valence-electron chi connectivity index (χ1n) is 11.1. The third-order valence-corrected chi connectivity index (χ3v) is 5.46. The van der Waals surface area contributed by atoms with Gasteiger partial charge < -0.3 is 15.5 Å². The molecule has 1 aromatic carbocycles. The first-order valence-corrected chi connectivity index (χ1v) is 11.1. The first kappa shape index (κ1) is 20.9. The minimum absolute atomic E-state index is 0.619. The van der Waals surface area contributed by atoms with Gasteiger partial charge in [-0.2, -0.15) is 5.10 Å². The normalized spacial score (nSPS) is 14.1. The second-order valence-electron chi connectivity index (χ2n) is 7.74. The Balaban J connectivity index is 1.40. The second-order valence-corrected chi connectivity index (χ2v) is 7.74. The molecule has 1 aliphatic rings. The van der Waals surface area contributed by atoms with Crippen LogP contribution in [0.15, 0.2) is 66.0 Å². The van der Waals surface area contributed by atoms with E-state index in [-0.39, 0.29) is 0 Å². The van der Waals surface area contributed by atoms with Gasteiger partial charge in [-0.3, -0.25) is 4.68 Å². The first-order chi connectivity index (χ1) is 15.3. The minimum atomic E-state index is 0.619. The van der Waals surface area contributed by atoms with Crippen molar-refractivity contribution in [2.45, 2.75) is 39.4 Å². The van der Waals surface area contributed by atoms with Gasteiger partial charge in [-0.05, 0) is 54.7 Å². The molecule has 1 aliphatic heterocycles. The Hall–Kier alpha value is -3.35. The van der Waals surface area contributed by atoms with Crippen LogP contribution in [0, 0.1) is 0 Å². The molecule has 0 unspecified atom stereocenters. The molecule has 2 aromatic heterocycles. The van der Waals surface area contributed by atoms with Gasteiger partial charge in [0.05, 0.1) is 13.1 Å². The molecule has 4 rings (SSSR count). The van der Waals surface area contributed by atoms with Crippen LogP contribution in [0.5, 0.6) is 0 Å². The van der Waals surface area contributed by atoms with Crippen molar-refractivity contribution in [1.82, 2.24) is 25.4 Å². The van der Waals surface area contributed by atoms with E-state index < -0.39 is 0 Å². The summed E-state index contributed by atoms with van der Waals surface area (Å²) in [6, 6.07) is 14.6. The van der Waals surface area contributed by atoms with E-state index in [0.717, 1.165) is 38.0 Å². The van der Waals surface area contributed by atoms with Crippen molar-refractivity contribution >= 4 is 11.8 Å². The van der Waals surface area contributed by atoms with Gasteiger partial charge >= 0.3 is 0 Å². The number of aliphatic imine (C=N–C) groups is 1. The smallest absolute Gasteiger partial charge is 0.191 e. The Morgan fingerprint density at radius 2 is 1.87 bits per heavy atom. The molecule has 0 aliphatic carbocycles. The Labute approximate surface area is 184 Å². The quantitative estimate of drug-likeness (QED) is 0.435. The average molecular weight is 418 g/mol. The largest absolute Gasteiger partial charge is 0.357 e. The lowest BCUT2D eigenvalue weighted by Gasteiger charge is -2.17. The van der Waals surface area contributed by atoms with Gasteiger partial charge in [0.25, 0.3) is 0 Å². The van der Waals surface area contributed by atoms with Crippen molar-refractivity contribution in [1.29, 1.82) is 0 Å². The van der Waals surface area contributed by atoms with Crippen molar-refractivity contribution in [3.05, 3.63) is 77.7 Å². The average Bonchev–Trinajstić information content (AvgIpc) is 3.51. The molecule has 162 valence electrons. The SMILES string of the molecule is CCNC(=NCc1ccnc(N2CCCC2)c1)NCc1ccccc1Cn1cccn1. The van der Waals surface area contributed by atoms with Crippen LogP contribution in [0.3, 0.4) is 0 Å². The van der Waals surface area contributed by atoms with Crippen molar-refractivity contribution in [2.75, 3.05) is 24.5 Å². The fourth-order valence-electron chi connectivity index (χ4n) is 3.82. The van der Waals surface area contributed by atoms with E-state index in [1.807, 2.05) is 35.4 Å². The maximum absolute atomic E-state index is 4.80. The summed E-state index contributed by atoms with van der Waals surface area (Å²) >= 11 is 0. The monoisotopic (exact) mass is 417 g/mol. The van der Waals surface area contributed by atoms with Crippen LogP contribution in [0.1, 0.15) is 36.5 Å². The fraction of sp³-hybridized carbons (Fsp3) is 0.375. The van der Waals surface area contributed by atoms with Gasteiger partial charge in [-0.15, -0.1) is 0 Å². The fourth-order valence-corrected chi connectivity index (χ4v) is 3.82. The van der Waals surface area contributed by atoms with Crippen LogP contribution in [-0.4, -0.2) is 40.4 Å². The highest BCUT2D eigenvalue weighted by molar-refractivity contribution is 5.79. The Morgan fingerprint density at radius 3 is 2.65 bits per heavy atom. The number of rotatable bonds is 8. The molecule has 1 saturated heterocycles. The molecule has 1 fully saturated rings. The van der Waals surface area contributed by atoms with Crippen LogP contribution >= 0.6 is 0 Å². The van der Waals surface area contributed by atoms with E-state index in [1.165, 1.54) is 29.5 Å². The lowest BCUT2D eigenvalue weighted by atomic mass is 10.1. The van der Waals surface area contributed by atoms with Gasteiger partial charge in [0, 0.05) is 44.8 Å². The molecule has 31 heavy (non-hydrogen) atoms. The number of pyridine rings is 1. The zero-order chi connectivity index (χ0) is 21.3. The van der Waals surface area contributed by atoms with Gasteiger partial charge in [0.2, 0.25) is 0 Å². The standard InChI is InChI=1S/C24H31N7/c1-2-25-24(27-17-20-10-12-26-23(16-20)30-13-5-6-14-30)28-18-21-8-3-4-9-22(21)19-31-15-7-11-29-31/h3-4,7-12,15-16H,2,5-6,13-14,17-19H2,1H3,(H2,25,27,28). The van der Waals surface area contributed by atoms with Gasteiger partial charge in [-0.25, -0.2) is 9.98 Å². The van der Waals surface area contributed by atoms with E-state index in [2.05, 4.69) is 62.9 Å². The molecule has 2 N–H and O–H groups in total. The molecule has 0 saturated carbocycles. The number of guanidine groups is 1. The Morgan fingerprint density at radius 1 is 1.03 bits per heavy atom. The molecule has 7 heteroatoms. The molecule has 0 bridgehead atoms. The number of aromatic nitrogens is 3. The Kier molecular flexibility index (Phi) is 7.16. The number of nitrogens with one attached hydrogen (secondary N) is 2. The van der Waals surface area contributed by atoms with E-state index in [1.54, 1.807) is 0 Å². The Bertz CT molecular complexity index is 975. The summed E-state index contributed by atoms with van der Waals surface area (Å²) in [4.78, 5) is 11.7. The molecule has 0 spiro atoms.